The summed E-state index contributed by atoms with van der Waals surface area (Å²) in [6.45, 7) is 9.56. The highest BCUT2D eigenvalue weighted by Gasteiger charge is 2.42. The highest BCUT2D eigenvalue weighted by molar-refractivity contribution is 5.86. The Hall–Kier alpha value is -1.66. The SMILES string of the molecule is CC(C)=C(F)[C@H](C)NC(=O)[C@@H]1C[C@@H](F)CN1C(=O)OC(C)(C)C. The lowest BCUT2D eigenvalue weighted by Gasteiger charge is -2.28. The molecule has 23 heavy (non-hydrogen) atoms. The third-order valence-corrected chi connectivity index (χ3v) is 3.40. The van der Waals surface area contributed by atoms with Gasteiger partial charge in [-0.15, -0.1) is 0 Å². The van der Waals surface area contributed by atoms with Gasteiger partial charge in [0.05, 0.1) is 12.6 Å². The Kier molecular flexibility index (Phi) is 6.13. The number of halogens is 2. The van der Waals surface area contributed by atoms with Crippen molar-refractivity contribution >= 4 is 12.0 Å². The number of rotatable bonds is 3. The van der Waals surface area contributed by atoms with Crippen molar-refractivity contribution in [2.75, 3.05) is 6.54 Å². The second kappa shape index (κ2) is 7.27. The first-order valence-corrected chi connectivity index (χ1v) is 7.69. The molecule has 2 amide bonds. The van der Waals surface area contributed by atoms with E-state index in [2.05, 4.69) is 5.32 Å². The third kappa shape index (κ3) is 5.48. The van der Waals surface area contributed by atoms with Gasteiger partial charge in [-0.05, 0) is 47.1 Å². The van der Waals surface area contributed by atoms with E-state index in [4.69, 9.17) is 4.74 Å². The molecule has 0 aliphatic carbocycles. The highest BCUT2D eigenvalue weighted by atomic mass is 19.1. The van der Waals surface area contributed by atoms with Gasteiger partial charge in [0.1, 0.15) is 23.6 Å². The Labute approximate surface area is 136 Å². The number of nitrogens with zero attached hydrogens (tertiary/aromatic N) is 1. The molecule has 0 aromatic heterocycles. The van der Waals surface area contributed by atoms with Crippen molar-refractivity contribution in [1.29, 1.82) is 0 Å². The van der Waals surface area contributed by atoms with E-state index in [-0.39, 0.29) is 13.0 Å². The van der Waals surface area contributed by atoms with Crippen LogP contribution in [0.5, 0.6) is 0 Å². The topological polar surface area (TPSA) is 58.6 Å². The molecular weight excluding hydrogens is 306 g/mol. The second-order valence-corrected chi connectivity index (χ2v) is 7.06. The van der Waals surface area contributed by atoms with Gasteiger partial charge in [0.25, 0.3) is 0 Å². The first-order valence-electron chi connectivity index (χ1n) is 7.69. The standard InChI is InChI=1S/C16H26F2N2O3/c1-9(2)13(18)10(3)19-14(21)12-7-11(17)8-20(12)15(22)23-16(4,5)6/h10-12H,7-8H2,1-6H3,(H,19,21)/t10-,11+,12-/m0/s1. The maximum atomic E-state index is 13.8. The van der Waals surface area contributed by atoms with Crippen molar-refractivity contribution in [1.82, 2.24) is 10.2 Å². The zero-order valence-electron chi connectivity index (χ0n) is 14.6. The normalized spacial score (nSPS) is 22.5. The fraction of sp³-hybridized carbons (Fsp3) is 0.750. The van der Waals surface area contributed by atoms with Crippen molar-refractivity contribution in [2.45, 2.75) is 71.8 Å². The van der Waals surface area contributed by atoms with Crippen molar-refractivity contribution in [3.8, 4) is 0 Å². The number of hydrogen-bond donors (Lipinski definition) is 1. The van der Waals surface area contributed by atoms with Crippen LogP contribution in [-0.2, 0) is 9.53 Å². The fourth-order valence-electron chi connectivity index (χ4n) is 2.36. The molecule has 0 spiro atoms. The maximum absolute atomic E-state index is 13.8. The molecule has 1 rings (SSSR count). The summed E-state index contributed by atoms with van der Waals surface area (Å²) in [5.74, 6) is -1.03. The molecule has 0 aromatic rings. The summed E-state index contributed by atoms with van der Waals surface area (Å²) in [5.41, 5.74) is -0.287. The quantitative estimate of drug-likeness (QED) is 0.864. The third-order valence-electron chi connectivity index (χ3n) is 3.40. The Balaban J connectivity index is 2.81. The molecule has 0 bridgehead atoms. The average Bonchev–Trinajstić information content (AvgIpc) is 2.77. The number of carbonyl (C=O) groups is 2. The van der Waals surface area contributed by atoms with Crippen LogP contribution in [0.2, 0.25) is 0 Å². The molecule has 1 aliphatic rings. The molecule has 1 saturated heterocycles. The van der Waals surface area contributed by atoms with Gasteiger partial charge in [-0.2, -0.15) is 0 Å². The van der Waals surface area contributed by atoms with Gasteiger partial charge < -0.3 is 10.1 Å². The number of carbonyl (C=O) groups excluding carboxylic acids is 2. The summed E-state index contributed by atoms with van der Waals surface area (Å²) >= 11 is 0. The Bertz CT molecular complexity index is 496. The van der Waals surface area contributed by atoms with Gasteiger partial charge in [0.2, 0.25) is 5.91 Å². The van der Waals surface area contributed by atoms with E-state index >= 15 is 0 Å². The number of nitrogens with one attached hydrogen (secondary N) is 1. The monoisotopic (exact) mass is 332 g/mol. The van der Waals surface area contributed by atoms with E-state index < -0.39 is 41.7 Å². The maximum Gasteiger partial charge on any atom is 0.411 e. The van der Waals surface area contributed by atoms with Crippen LogP contribution in [0.15, 0.2) is 11.4 Å². The van der Waals surface area contributed by atoms with Crippen LogP contribution >= 0.6 is 0 Å². The Morgan fingerprint density at radius 3 is 2.35 bits per heavy atom. The summed E-state index contributed by atoms with van der Waals surface area (Å²) in [6.07, 6.45) is -2.16. The molecule has 0 unspecified atom stereocenters. The molecule has 1 aliphatic heterocycles. The lowest BCUT2D eigenvalue weighted by Crippen LogP contribution is -2.49. The lowest BCUT2D eigenvalue weighted by atomic mass is 10.1. The fourth-order valence-corrected chi connectivity index (χ4v) is 2.36. The molecule has 0 saturated carbocycles. The minimum atomic E-state index is -1.30. The van der Waals surface area contributed by atoms with E-state index in [0.29, 0.717) is 5.57 Å². The minimum absolute atomic E-state index is 0.117. The molecule has 1 fully saturated rings. The van der Waals surface area contributed by atoms with Gasteiger partial charge in [-0.25, -0.2) is 13.6 Å². The van der Waals surface area contributed by atoms with Gasteiger partial charge in [0.15, 0.2) is 0 Å². The van der Waals surface area contributed by atoms with Crippen molar-refractivity contribution in [3.05, 3.63) is 11.4 Å². The molecule has 1 N–H and O–H groups in total. The zero-order chi connectivity index (χ0) is 17.9. The number of allylic oxidation sites excluding steroid dienone is 1. The van der Waals surface area contributed by atoms with Gasteiger partial charge in [0, 0.05) is 6.42 Å². The molecule has 0 radical (unpaired) electrons. The van der Waals surface area contributed by atoms with Crippen LogP contribution in [0.25, 0.3) is 0 Å². The highest BCUT2D eigenvalue weighted by Crippen LogP contribution is 2.24. The van der Waals surface area contributed by atoms with Gasteiger partial charge in [-0.3, -0.25) is 9.69 Å². The molecule has 3 atom stereocenters. The number of amides is 2. The van der Waals surface area contributed by atoms with Crippen LogP contribution in [0.3, 0.4) is 0 Å². The van der Waals surface area contributed by atoms with Crippen LogP contribution in [0, 0.1) is 0 Å². The molecule has 132 valence electrons. The Morgan fingerprint density at radius 1 is 1.30 bits per heavy atom. The summed E-state index contributed by atoms with van der Waals surface area (Å²) < 4.78 is 32.7. The van der Waals surface area contributed by atoms with Crippen LogP contribution in [0.1, 0.15) is 48.0 Å². The van der Waals surface area contributed by atoms with Crippen molar-refractivity contribution in [3.63, 3.8) is 0 Å². The van der Waals surface area contributed by atoms with E-state index in [0.717, 1.165) is 4.90 Å². The second-order valence-electron chi connectivity index (χ2n) is 7.06. The molecule has 0 aromatic carbocycles. The summed E-state index contributed by atoms with van der Waals surface area (Å²) in [5, 5.41) is 2.48. The largest absolute Gasteiger partial charge is 0.444 e. The van der Waals surface area contributed by atoms with Crippen LogP contribution < -0.4 is 5.32 Å². The molecule has 1 heterocycles. The first kappa shape index (κ1) is 19.4. The molecule has 5 nitrogen and oxygen atoms in total. The summed E-state index contributed by atoms with van der Waals surface area (Å²) in [6, 6.07) is -1.82. The van der Waals surface area contributed by atoms with Gasteiger partial charge >= 0.3 is 6.09 Å². The van der Waals surface area contributed by atoms with E-state index in [1.807, 2.05) is 0 Å². The zero-order valence-corrected chi connectivity index (χ0v) is 14.6. The van der Waals surface area contributed by atoms with E-state index in [9.17, 15) is 18.4 Å². The predicted octanol–water partition coefficient (Wildman–Crippen LogP) is 3.10. The Morgan fingerprint density at radius 2 is 1.87 bits per heavy atom. The predicted molar refractivity (Wildman–Crippen MR) is 83.3 cm³/mol. The first-order chi connectivity index (χ1) is 10.4. The number of likely N-dealkylation sites (tertiary alicyclic amines) is 1. The average molecular weight is 332 g/mol. The van der Waals surface area contributed by atoms with Crippen LogP contribution in [0.4, 0.5) is 13.6 Å². The molecular formula is C16H26F2N2O3. The minimum Gasteiger partial charge on any atom is -0.444 e. The van der Waals surface area contributed by atoms with Crippen LogP contribution in [-0.4, -0.2) is 47.3 Å². The summed E-state index contributed by atoms with van der Waals surface area (Å²) in [4.78, 5) is 25.5. The van der Waals surface area contributed by atoms with Crippen molar-refractivity contribution < 1.29 is 23.1 Å². The molecule has 7 heteroatoms. The van der Waals surface area contributed by atoms with E-state index in [1.165, 1.54) is 6.92 Å². The number of hydrogen-bond acceptors (Lipinski definition) is 3. The van der Waals surface area contributed by atoms with E-state index in [1.54, 1.807) is 34.6 Å². The summed E-state index contributed by atoms with van der Waals surface area (Å²) in [7, 11) is 0. The van der Waals surface area contributed by atoms with Crippen molar-refractivity contribution in [2.24, 2.45) is 0 Å². The lowest BCUT2D eigenvalue weighted by molar-refractivity contribution is -0.126. The number of alkyl halides is 1. The van der Waals surface area contributed by atoms with Gasteiger partial charge in [-0.1, -0.05) is 0 Å². The number of ether oxygens (including phenoxy) is 1. The smallest absolute Gasteiger partial charge is 0.411 e.